The predicted molar refractivity (Wildman–Crippen MR) is 87.9 cm³/mol. The maximum atomic E-state index is 4.68. The first-order chi connectivity index (χ1) is 10.3. The Labute approximate surface area is 126 Å². The van der Waals surface area contributed by atoms with Crippen LogP contribution in [0.1, 0.15) is 13.8 Å². The summed E-state index contributed by atoms with van der Waals surface area (Å²) < 4.78 is 2.27. The number of aromatic nitrogens is 2. The fourth-order valence-electron chi connectivity index (χ4n) is 2.62. The van der Waals surface area contributed by atoms with E-state index in [1.54, 1.807) is 0 Å². The zero-order valence-electron chi connectivity index (χ0n) is 12.5. The van der Waals surface area contributed by atoms with Crippen LogP contribution in [0.2, 0.25) is 0 Å². The average molecular weight is 276 g/mol. The van der Waals surface area contributed by atoms with Crippen LogP contribution in [0, 0.1) is 5.92 Å². The van der Waals surface area contributed by atoms with Gasteiger partial charge in [-0.25, -0.2) is 4.98 Å². The number of nitrogens with zero attached hydrogens (tertiary/aromatic N) is 2. The summed E-state index contributed by atoms with van der Waals surface area (Å²) in [4.78, 5) is 4.68. The lowest BCUT2D eigenvalue weighted by Crippen LogP contribution is -2.05. The Balaban J connectivity index is 2.15. The monoisotopic (exact) mass is 276 g/mol. The molecule has 3 rings (SSSR count). The fraction of sp³-hybridized carbons (Fsp3) is 0.211. The quantitative estimate of drug-likeness (QED) is 0.664. The van der Waals surface area contributed by atoms with Gasteiger partial charge < -0.3 is 4.57 Å². The smallest absolute Gasteiger partial charge is 0.0963 e. The van der Waals surface area contributed by atoms with Crippen LogP contribution in [0.3, 0.4) is 0 Å². The minimum absolute atomic E-state index is 0.588. The second-order valence-electron chi connectivity index (χ2n) is 5.72. The molecular weight excluding hydrogens is 256 g/mol. The van der Waals surface area contributed by atoms with Crippen molar-refractivity contribution in [1.29, 1.82) is 0 Å². The minimum atomic E-state index is 0.588. The molecule has 2 aromatic carbocycles. The summed E-state index contributed by atoms with van der Waals surface area (Å²) in [6, 6.07) is 20.9. The molecule has 0 bridgehead atoms. The van der Waals surface area contributed by atoms with Crippen molar-refractivity contribution in [2.45, 2.75) is 20.4 Å². The van der Waals surface area contributed by atoms with Crippen LogP contribution in [0.5, 0.6) is 0 Å². The van der Waals surface area contributed by atoms with Crippen molar-refractivity contribution in [3.8, 4) is 22.5 Å². The molecule has 0 N–H and O–H groups in total. The van der Waals surface area contributed by atoms with Gasteiger partial charge in [0.05, 0.1) is 17.7 Å². The summed E-state index contributed by atoms with van der Waals surface area (Å²) in [6.07, 6.45) is 1.96. The number of hydrogen-bond donors (Lipinski definition) is 0. The van der Waals surface area contributed by atoms with Gasteiger partial charge in [0, 0.05) is 17.7 Å². The normalized spacial score (nSPS) is 11.0. The van der Waals surface area contributed by atoms with Crippen LogP contribution in [-0.4, -0.2) is 9.55 Å². The molecule has 0 saturated heterocycles. The Morgan fingerprint density at radius 3 is 2.00 bits per heavy atom. The van der Waals surface area contributed by atoms with Crippen LogP contribution in [-0.2, 0) is 6.54 Å². The van der Waals surface area contributed by atoms with Crippen molar-refractivity contribution in [1.82, 2.24) is 9.55 Å². The lowest BCUT2D eigenvalue weighted by atomic mass is 10.0. The summed E-state index contributed by atoms with van der Waals surface area (Å²) in [5, 5.41) is 0. The second kappa shape index (κ2) is 5.96. The highest BCUT2D eigenvalue weighted by Gasteiger charge is 2.15. The maximum Gasteiger partial charge on any atom is 0.0963 e. The molecule has 0 aliphatic carbocycles. The first kappa shape index (κ1) is 13.6. The zero-order chi connectivity index (χ0) is 14.7. The third kappa shape index (κ3) is 2.89. The van der Waals surface area contributed by atoms with Gasteiger partial charge >= 0.3 is 0 Å². The first-order valence-corrected chi connectivity index (χ1v) is 7.41. The van der Waals surface area contributed by atoms with E-state index in [9.17, 15) is 0 Å². The molecule has 0 aliphatic rings. The standard InChI is InChI=1S/C19H20N2/c1-15(2)13-21-14-20-18(16-9-5-3-6-10-16)19(21)17-11-7-4-8-12-17/h3-12,14-15H,13H2,1-2H3. The van der Waals surface area contributed by atoms with E-state index in [-0.39, 0.29) is 0 Å². The molecule has 2 nitrogen and oxygen atoms in total. The predicted octanol–water partition coefficient (Wildman–Crippen LogP) is 4.87. The molecule has 106 valence electrons. The summed E-state index contributed by atoms with van der Waals surface area (Å²) in [7, 11) is 0. The lowest BCUT2D eigenvalue weighted by molar-refractivity contribution is 0.526. The average Bonchev–Trinajstić information content (AvgIpc) is 2.92. The lowest BCUT2D eigenvalue weighted by Gasteiger charge is -2.12. The number of imidazole rings is 1. The Hall–Kier alpha value is -2.35. The van der Waals surface area contributed by atoms with Crippen LogP contribution >= 0.6 is 0 Å². The molecule has 3 aromatic rings. The summed E-state index contributed by atoms with van der Waals surface area (Å²) in [5.74, 6) is 0.588. The zero-order valence-corrected chi connectivity index (χ0v) is 12.5. The van der Waals surface area contributed by atoms with Crippen molar-refractivity contribution < 1.29 is 0 Å². The molecule has 0 atom stereocenters. The summed E-state index contributed by atoms with van der Waals surface area (Å²) >= 11 is 0. The molecule has 0 spiro atoms. The minimum Gasteiger partial charge on any atom is -0.330 e. The van der Waals surface area contributed by atoms with Crippen molar-refractivity contribution in [3.63, 3.8) is 0 Å². The van der Waals surface area contributed by atoms with Gasteiger partial charge in [-0.15, -0.1) is 0 Å². The SMILES string of the molecule is CC(C)Cn1cnc(-c2ccccc2)c1-c1ccccc1. The molecule has 0 radical (unpaired) electrons. The van der Waals surface area contributed by atoms with Crippen LogP contribution in [0.15, 0.2) is 67.0 Å². The maximum absolute atomic E-state index is 4.68. The first-order valence-electron chi connectivity index (χ1n) is 7.41. The van der Waals surface area contributed by atoms with E-state index in [1.165, 1.54) is 16.8 Å². The molecule has 1 heterocycles. The Bertz CT molecular complexity index is 697. The number of hydrogen-bond acceptors (Lipinski definition) is 1. The molecule has 21 heavy (non-hydrogen) atoms. The van der Waals surface area contributed by atoms with Crippen LogP contribution in [0.25, 0.3) is 22.5 Å². The molecule has 0 amide bonds. The third-order valence-corrected chi connectivity index (χ3v) is 3.49. The number of benzene rings is 2. The van der Waals surface area contributed by atoms with Crippen LogP contribution < -0.4 is 0 Å². The molecule has 0 saturated carbocycles. The van der Waals surface area contributed by atoms with Gasteiger partial charge in [-0.2, -0.15) is 0 Å². The van der Waals surface area contributed by atoms with Gasteiger partial charge in [0.2, 0.25) is 0 Å². The highest BCUT2D eigenvalue weighted by atomic mass is 15.1. The van der Waals surface area contributed by atoms with Crippen molar-refractivity contribution >= 4 is 0 Å². The molecule has 1 aromatic heterocycles. The Morgan fingerprint density at radius 1 is 0.857 bits per heavy atom. The van der Waals surface area contributed by atoms with Gasteiger partial charge in [-0.1, -0.05) is 74.5 Å². The van der Waals surface area contributed by atoms with Crippen molar-refractivity contribution in [2.75, 3.05) is 0 Å². The molecule has 0 unspecified atom stereocenters. The van der Waals surface area contributed by atoms with Gasteiger partial charge in [-0.3, -0.25) is 0 Å². The van der Waals surface area contributed by atoms with Crippen molar-refractivity contribution in [2.24, 2.45) is 5.92 Å². The Kier molecular flexibility index (Phi) is 3.87. The van der Waals surface area contributed by atoms with Gasteiger partial charge in [0.25, 0.3) is 0 Å². The number of rotatable bonds is 4. The van der Waals surface area contributed by atoms with E-state index in [0.717, 1.165) is 12.2 Å². The molecular formula is C19H20N2. The summed E-state index contributed by atoms with van der Waals surface area (Å²) in [5.41, 5.74) is 4.64. The van der Waals surface area contributed by atoms with E-state index in [0.29, 0.717) is 5.92 Å². The van der Waals surface area contributed by atoms with E-state index >= 15 is 0 Å². The highest BCUT2D eigenvalue weighted by molar-refractivity contribution is 5.78. The van der Waals surface area contributed by atoms with E-state index in [2.05, 4.69) is 78.0 Å². The molecule has 0 aliphatic heterocycles. The van der Waals surface area contributed by atoms with Crippen LogP contribution in [0.4, 0.5) is 0 Å². The largest absolute Gasteiger partial charge is 0.330 e. The second-order valence-corrected chi connectivity index (χ2v) is 5.72. The molecule has 2 heteroatoms. The van der Waals surface area contributed by atoms with E-state index < -0.39 is 0 Å². The van der Waals surface area contributed by atoms with E-state index in [4.69, 9.17) is 0 Å². The summed E-state index contributed by atoms with van der Waals surface area (Å²) in [6.45, 7) is 5.44. The molecule has 0 fully saturated rings. The van der Waals surface area contributed by atoms with Gasteiger partial charge in [0.15, 0.2) is 0 Å². The third-order valence-electron chi connectivity index (χ3n) is 3.49. The Morgan fingerprint density at radius 2 is 1.43 bits per heavy atom. The van der Waals surface area contributed by atoms with Crippen molar-refractivity contribution in [3.05, 3.63) is 67.0 Å². The van der Waals surface area contributed by atoms with Gasteiger partial charge in [0.1, 0.15) is 0 Å². The van der Waals surface area contributed by atoms with Gasteiger partial charge in [-0.05, 0) is 5.92 Å². The van der Waals surface area contributed by atoms with E-state index in [1.807, 2.05) is 12.4 Å². The highest BCUT2D eigenvalue weighted by Crippen LogP contribution is 2.31. The topological polar surface area (TPSA) is 17.8 Å². The fourth-order valence-corrected chi connectivity index (χ4v) is 2.62.